The molecular weight excluding hydrogens is 358 g/mol. The lowest BCUT2D eigenvalue weighted by atomic mass is 9.83. The van der Waals surface area contributed by atoms with Gasteiger partial charge in [0.25, 0.3) is 5.91 Å². The van der Waals surface area contributed by atoms with Crippen LogP contribution < -0.4 is 4.74 Å². The molecule has 0 unspecified atom stereocenters. The van der Waals surface area contributed by atoms with E-state index in [1.54, 1.807) is 11.9 Å². The third-order valence-corrected chi connectivity index (χ3v) is 5.95. The first-order valence-electron chi connectivity index (χ1n) is 9.60. The summed E-state index contributed by atoms with van der Waals surface area (Å²) in [6, 6.07) is 8.74. The fourth-order valence-electron chi connectivity index (χ4n) is 4.51. The minimum atomic E-state index is -0.349. The lowest BCUT2D eigenvalue weighted by molar-refractivity contribution is -0.0958. The van der Waals surface area contributed by atoms with Crippen molar-refractivity contribution in [1.82, 2.24) is 24.6 Å². The molecule has 28 heavy (non-hydrogen) atoms. The number of methoxy groups -OCH3 is 1. The Bertz CT molecular complexity index is 1050. The van der Waals surface area contributed by atoms with Gasteiger partial charge in [0, 0.05) is 31.0 Å². The van der Waals surface area contributed by atoms with Crippen molar-refractivity contribution in [3.8, 4) is 6.01 Å². The standard InChI is InChI=1S/C20H23N5O3/c1-24-19(27-2)22-17(23-24)18(26)25-10-8-20(9-11-25)16-14(7-12-28-20)13-5-3-4-6-15(13)21-16/h3-6,21H,7-12H2,1-2H3. The van der Waals surface area contributed by atoms with Crippen molar-refractivity contribution >= 4 is 16.8 Å². The molecule has 1 amide bonds. The van der Waals surface area contributed by atoms with Gasteiger partial charge in [-0.3, -0.25) is 4.79 Å². The SMILES string of the molecule is COc1nc(C(=O)N2CCC3(CC2)OCCc2c3[nH]c3ccccc23)nn1C. The van der Waals surface area contributed by atoms with Gasteiger partial charge in [0.1, 0.15) is 5.60 Å². The molecule has 3 aromatic rings. The summed E-state index contributed by atoms with van der Waals surface area (Å²) in [7, 11) is 3.22. The second-order valence-electron chi connectivity index (χ2n) is 7.45. The van der Waals surface area contributed by atoms with E-state index in [1.165, 1.54) is 28.4 Å². The van der Waals surface area contributed by atoms with E-state index in [1.807, 2.05) is 6.07 Å². The van der Waals surface area contributed by atoms with Gasteiger partial charge in [-0.2, -0.15) is 4.98 Å². The first kappa shape index (κ1) is 17.2. The quantitative estimate of drug-likeness (QED) is 0.734. The molecule has 8 nitrogen and oxygen atoms in total. The number of nitrogens with one attached hydrogen (secondary N) is 1. The average molecular weight is 381 g/mol. The zero-order chi connectivity index (χ0) is 19.3. The third kappa shape index (κ3) is 2.51. The predicted octanol–water partition coefficient (Wildman–Crippen LogP) is 2.01. The van der Waals surface area contributed by atoms with Crippen molar-refractivity contribution in [2.75, 3.05) is 26.8 Å². The average Bonchev–Trinajstić information content (AvgIpc) is 3.30. The number of piperidine rings is 1. The molecule has 1 saturated heterocycles. The molecule has 2 aromatic heterocycles. The summed E-state index contributed by atoms with van der Waals surface area (Å²) in [6.07, 6.45) is 2.42. The molecule has 0 saturated carbocycles. The molecule has 1 spiro atoms. The topological polar surface area (TPSA) is 85.3 Å². The molecule has 5 rings (SSSR count). The van der Waals surface area contributed by atoms with E-state index in [0.717, 1.165) is 24.8 Å². The molecule has 4 heterocycles. The van der Waals surface area contributed by atoms with Gasteiger partial charge in [-0.05, 0) is 30.9 Å². The van der Waals surface area contributed by atoms with Crippen molar-refractivity contribution in [1.29, 1.82) is 0 Å². The van der Waals surface area contributed by atoms with Gasteiger partial charge in [0.05, 0.1) is 19.4 Å². The predicted molar refractivity (Wildman–Crippen MR) is 102 cm³/mol. The van der Waals surface area contributed by atoms with Gasteiger partial charge < -0.3 is 19.4 Å². The maximum Gasteiger partial charge on any atom is 0.314 e. The molecule has 0 bridgehead atoms. The van der Waals surface area contributed by atoms with E-state index >= 15 is 0 Å². The van der Waals surface area contributed by atoms with Crippen LogP contribution in [-0.4, -0.2) is 57.4 Å². The highest BCUT2D eigenvalue weighted by Gasteiger charge is 2.44. The Kier molecular flexibility index (Phi) is 3.90. The van der Waals surface area contributed by atoms with E-state index < -0.39 is 0 Å². The summed E-state index contributed by atoms with van der Waals surface area (Å²) in [5.74, 6) is 0.00703. The van der Waals surface area contributed by atoms with Gasteiger partial charge >= 0.3 is 6.01 Å². The van der Waals surface area contributed by atoms with Crippen LogP contribution in [0, 0.1) is 0 Å². The van der Waals surface area contributed by atoms with Crippen LogP contribution in [0.2, 0.25) is 0 Å². The molecule has 0 radical (unpaired) electrons. The molecular formula is C20H23N5O3. The molecule has 1 fully saturated rings. The number of aromatic amines is 1. The fraction of sp³-hybridized carbons (Fsp3) is 0.450. The minimum Gasteiger partial charge on any atom is -0.467 e. The summed E-state index contributed by atoms with van der Waals surface area (Å²) < 4.78 is 12.9. The van der Waals surface area contributed by atoms with Crippen molar-refractivity contribution in [3.05, 3.63) is 41.3 Å². The number of para-hydroxylation sites is 1. The number of ether oxygens (including phenoxy) is 2. The lowest BCUT2D eigenvalue weighted by Gasteiger charge is -2.43. The Labute approximate surface area is 162 Å². The van der Waals surface area contributed by atoms with Gasteiger partial charge in [-0.25, -0.2) is 4.68 Å². The fourth-order valence-corrected chi connectivity index (χ4v) is 4.51. The van der Waals surface area contributed by atoms with Gasteiger partial charge in [-0.15, -0.1) is 5.10 Å². The number of carbonyl (C=O) groups is 1. The van der Waals surface area contributed by atoms with Crippen LogP contribution in [-0.2, 0) is 23.8 Å². The van der Waals surface area contributed by atoms with Gasteiger partial charge in [0.15, 0.2) is 0 Å². The summed E-state index contributed by atoms with van der Waals surface area (Å²) in [5, 5.41) is 5.46. The first-order valence-corrected chi connectivity index (χ1v) is 9.60. The van der Waals surface area contributed by atoms with Crippen molar-refractivity contribution in [2.24, 2.45) is 7.05 Å². The molecule has 2 aliphatic rings. The van der Waals surface area contributed by atoms with Crippen LogP contribution in [0.3, 0.4) is 0 Å². The lowest BCUT2D eigenvalue weighted by Crippen LogP contribution is -2.48. The number of benzene rings is 1. The normalized spacial score (nSPS) is 18.4. The zero-order valence-electron chi connectivity index (χ0n) is 16.1. The summed E-state index contributed by atoms with van der Waals surface area (Å²) >= 11 is 0. The number of H-pyrrole nitrogens is 1. The number of fused-ring (bicyclic) bond motifs is 4. The van der Waals surface area contributed by atoms with Crippen LogP contribution >= 0.6 is 0 Å². The second-order valence-corrected chi connectivity index (χ2v) is 7.45. The molecule has 8 heteroatoms. The smallest absolute Gasteiger partial charge is 0.314 e. The van der Waals surface area contributed by atoms with Crippen LogP contribution in [0.1, 0.15) is 34.7 Å². The van der Waals surface area contributed by atoms with E-state index in [4.69, 9.17) is 9.47 Å². The Morgan fingerprint density at radius 2 is 2.07 bits per heavy atom. The monoisotopic (exact) mass is 381 g/mol. The Balaban J connectivity index is 1.39. The molecule has 0 aliphatic carbocycles. The Hall–Kier alpha value is -2.87. The second kappa shape index (κ2) is 6.34. The summed E-state index contributed by atoms with van der Waals surface area (Å²) in [6.45, 7) is 1.92. The summed E-state index contributed by atoms with van der Waals surface area (Å²) in [4.78, 5) is 22.4. The summed E-state index contributed by atoms with van der Waals surface area (Å²) in [5.41, 5.74) is 3.35. The molecule has 2 aliphatic heterocycles. The van der Waals surface area contributed by atoms with Crippen molar-refractivity contribution in [2.45, 2.75) is 24.9 Å². The van der Waals surface area contributed by atoms with Gasteiger partial charge in [-0.1, -0.05) is 18.2 Å². The molecule has 1 aromatic carbocycles. The van der Waals surface area contributed by atoms with E-state index in [9.17, 15) is 4.79 Å². The molecule has 0 atom stereocenters. The van der Waals surface area contributed by atoms with Crippen LogP contribution in [0.25, 0.3) is 10.9 Å². The van der Waals surface area contributed by atoms with Crippen LogP contribution in [0.5, 0.6) is 6.01 Å². The van der Waals surface area contributed by atoms with Crippen LogP contribution in [0.15, 0.2) is 24.3 Å². The number of nitrogens with zero attached hydrogens (tertiary/aromatic N) is 4. The Morgan fingerprint density at radius 3 is 2.82 bits per heavy atom. The number of hydrogen-bond acceptors (Lipinski definition) is 5. The number of amides is 1. The van der Waals surface area contributed by atoms with E-state index in [-0.39, 0.29) is 17.3 Å². The van der Waals surface area contributed by atoms with Crippen LogP contribution in [0.4, 0.5) is 0 Å². The number of aromatic nitrogens is 4. The number of hydrogen-bond donors (Lipinski definition) is 1. The number of likely N-dealkylation sites (tertiary alicyclic amines) is 1. The van der Waals surface area contributed by atoms with Gasteiger partial charge in [0.2, 0.25) is 5.82 Å². The Morgan fingerprint density at radius 1 is 1.29 bits per heavy atom. The zero-order valence-corrected chi connectivity index (χ0v) is 16.1. The van der Waals surface area contributed by atoms with E-state index in [0.29, 0.717) is 25.7 Å². The maximum atomic E-state index is 12.8. The van der Waals surface area contributed by atoms with E-state index in [2.05, 4.69) is 33.3 Å². The first-order chi connectivity index (χ1) is 13.6. The highest BCUT2D eigenvalue weighted by Crippen LogP contribution is 2.43. The third-order valence-electron chi connectivity index (χ3n) is 5.95. The molecule has 146 valence electrons. The molecule has 1 N–H and O–H groups in total. The maximum absolute atomic E-state index is 12.8. The van der Waals surface area contributed by atoms with Crippen molar-refractivity contribution in [3.63, 3.8) is 0 Å². The largest absolute Gasteiger partial charge is 0.467 e. The highest BCUT2D eigenvalue weighted by molar-refractivity contribution is 5.90. The number of rotatable bonds is 2. The minimum absolute atomic E-state index is 0.165. The highest BCUT2D eigenvalue weighted by atomic mass is 16.5. The van der Waals surface area contributed by atoms with Crippen molar-refractivity contribution < 1.29 is 14.3 Å². The number of aryl methyl sites for hydroxylation is 1. The number of carbonyl (C=O) groups excluding carboxylic acids is 1.